The predicted octanol–water partition coefficient (Wildman–Crippen LogP) is 3.26. The fourth-order valence-corrected chi connectivity index (χ4v) is 3.35. The molecule has 0 saturated heterocycles. The second-order valence-electron chi connectivity index (χ2n) is 5.10. The molecule has 1 amide bonds. The number of thiazole rings is 1. The van der Waals surface area contributed by atoms with E-state index in [4.69, 9.17) is 6.42 Å². The average molecular weight is 373 g/mol. The van der Waals surface area contributed by atoms with Crippen LogP contribution in [0.2, 0.25) is 0 Å². The monoisotopic (exact) mass is 373 g/mol. The summed E-state index contributed by atoms with van der Waals surface area (Å²) in [6, 6.07) is 7.15. The van der Waals surface area contributed by atoms with E-state index in [1.54, 1.807) is 0 Å². The van der Waals surface area contributed by atoms with Crippen molar-refractivity contribution < 1.29 is 18.5 Å². The maximum atomic E-state index is 13.8. The molecule has 0 fully saturated rings. The lowest BCUT2D eigenvalue weighted by Crippen LogP contribution is -2.17. The number of hydrogen-bond donors (Lipinski definition) is 0. The van der Waals surface area contributed by atoms with Gasteiger partial charge in [-0.25, -0.2) is 8.78 Å². The number of nitrogens with zero attached hydrogens (tertiary/aromatic N) is 3. The molecule has 130 valence electrons. The van der Waals surface area contributed by atoms with Crippen molar-refractivity contribution in [3.05, 3.63) is 68.5 Å². The number of benzene rings is 2. The number of nitro groups is 1. The minimum atomic E-state index is -1.10. The molecule has 0 saturated carbocycles. The first-order valence-electron chi connectivity index (χ1n) is 7.16. The third-order valence-corrected chi connectivity index (χ3v) is 4.56. The molecule has 0 aliphatic heterocycles. The molecule has 6 nitrogen and oxygen atoms in total. The Morgan fingerprint density at radius 1 is 1.31 bits per heavy atom. The SMILES string of the molecule is C#CCn1c(=NC(=O)c2c(F)cccc2F)sc2ccc([N+](=O)[O-])cc21. The maximum absolute atomic E-state index is 13.8. The van der Waals surface area contributed by atoms with E-state index in [1.807, 2.05) is 0 Å². The Balaban J connectivity index is 2.22. The van der Waals surface area contributed by atoms with Gasteiger partial charge in [0.05, 0.1) is 21.7 Å². The lowest BCUT2D eigenvalue weighted by atomic mass is 10.2. The average Bonchev–Trinajstić information content (AvgIpc) is 2.91. The molecule has 0 atom stereocenters. The topological polar surface area (TPSA) is 77.5 Å². The second-order valence-corrected chi connectivity index (χ2v) is 6.11. The third-order valence-electron chi connectivity index (χ3n) is 3.50. The zero-order valence-electron chi connectivity index (χ0n) is 13.0. The number of carbonyl (C=O) groups is 1. The van der Waals surface area contributed by atoms with Crippen LogP contribution in [-0.4, -0.2) is 15.4 Å². The van der Waals surface area contributed by atoms with Crippen LogP contribution in [0.1, 0.15) is 10.4 Å². The highest BCUT2D eigenvalue weighted by atomic mass is 32.1. The molecule has 0 spiro atoms. The lowest BCUT2D eigenvalue weighted by Gasteiger charge is -2.01. The number of terminal acetylenes is 1. The maximum Gasteiger partial charge on any atom is 0.285 e. The number of halogens is 2. The van der Waals surface area contributed by atoms with Gasteiger partial charge in [0, 0.05) is 12.1 Å². The summed E-state index contributed by atoms with van der Waals surface area (Å²) in [5, 5.41) is 11.0. The van der Waals surface area contributed by atoms with E-state index in [1.165, 1.54) is 22.8 Å². The summed E-state index contributed by atoms with van der Waals surface area (Å²) in [5.41, 5.74) is -0.523. The first-order chi connectivity index (χ1) is 12.4. The van der Waals surface area contributed by atoms with Crippen LogP contribution in [-0.2, 0) is 6.54 Å². The zero-order chi connectivity index (χ0) is 18.8. The number of carbonyl (C=O) groups excluding carboxylic acids is 1. The van der Waals surface area contributed by atoms with Crippen molar-refractivity contribution in [1.29, 1.82) is 0 Å². The van der Waals surface area contributed by atoms with Crippen molar-refractivity contribution in [2.24, 2.45) is 4.99 Å². The van der Waals surface area contributed by atoms with E-state index in [0.29, 0.717) is 10.2 Å². The second kappa shape index (κ2) is 6.85. The standard InChI is InChI=1S/C17H9F2N3O3S/c1-2-8-21-13-9-10(22(24)25)6-7-14(13)26-17(21)20-16(23)15-11(18)4-3-5-12(15)19/h1,3-7,9H,8H2. The Kier molecular flexibility index (Phi) is 4.60. The summed E-state index contributed by atoms with van der Waals surface area (Å²) in [4.78, 5) is 26.5. The molecular weight excluding hydrogens is 364 g/mol. The molecule has 3 rings (SSSR count). The Bertz CT molecular complexity index is 1140. The number of rotatable bonds is 3. The van der Waals surface area contributed by atoms with Gasteiger partial charge in [-0.2, -0.15) is 4.99 Å². The molecule has 2 aromatic carbocycles. The molecule has 0 aliphatic carbocycles. The highest BCUT2D eigenvalue weighted by Crippen LogP contribution is 2.23. The lowest BCUT2D eigenvalue weighted by molar-refractivity contribution is -0.384. The minimum Gasteiger partial charge on any atom is -0.304 e. The van der Waals surface area contributed by atoms with Gasteiger partial charge in [0.1, 0.15) is 17.2 Å². The van der Waals surface area contributed by atoms with E-state index in [-0.39, 0.29) is 17.0 Å². The summed E-state index contributed by atoms with van der Waals surface area (Å²) in [7, 11) is 0. The van der Waals surface area contributed by atoms with Crippen LogP contribution < -0.4 is 4.80 Å². The Hall–Kier alpha value is -3.38. The van der Waals surface area contributed by atoms with Crippen molar-refractivity contribution >= 4 is 33.1 Å². The zero-order valence-corrected chi connectivity index (χ0v) is 13.8. The highest BCUT2D eigenvalue weighted by Gasteiger charge is 2.18. The van der Waals surface area contributed by atoms with Gasteiger partial charge in [0.15, 0.2) is 4.80 Å². The van der Waals surface area contributed by atoms with Crippen LogP contribution in [0, 0.1) is 34.1 Å². The van der Waals surface area contributed by atoms with Gasteiger partial charge >= 0.3 is 0 Å². The van der Waals surface area contributed by atoms with Crippen LogP contribution in [0.4, 0.5) is 14.5 Å². The summed E-state index contributed by atoms with van der Waals surface area (Å²) in [5.74, 6) is -0.794. The first kappa shape index (κ1) is 17.4. The van der Waals surface area contributed by atoms with Gasteiger partial charge in [0.25, 0.3) is 11.6 Å². The number of amides is 1. The van der Waals surface area contributed by atoms with Crippen molar-refractivity contribution in [2.75, 3.05) is 0 Å². The van der Waals surface area contributed by atoms with Gasteiger partial charge in [-0.05, 0) is 18.2 Å². The first-order valence-corrected chi connectivity index (χ1v) is 7.98. The van der Waals surface area contributed by atoms with E-state index in [2.05, 4.69) is 10.9 Å². The van der Waals surface area contributed by atoms with E-state index >= 15 is 0 Å². The summed E-state index contributed by atoms with van der Waals surface area (Å²) >= 11 is 1.03. The van der Waals surface area contributed by atoms with Crippen LogP contribution in [0.3, 0.4) is 0 Å². The molecule has 0 radical (unpaired) electrons. The van der Waals surface area contributed by atoms with Crippen molar-refractivity contribution in [1.82, 2.24) is 4.57 Å². The number of aromatic nitrogens is 1. The van der Waals surface area contributed by atoms with E-state index in [9.17, 15) is 23.7 Å². The van der Waals surface area contributed by atoms with Gasteiger partial charge < -0.3 is 4.57 Å². The van der Waals surface area contributed by atoms with Crippen molar-refractivity contribution in [3.63, 3.8) is 0 Å². The van der Waals surface area contributed by atoms with Gasteiger partial charge in [-0.15, -0.1) is 6.42 Å². The quantitative estimate of drug-likeness (QED) is 0.402. The van der Waals surface area contributed by atoms with Crippen LogP contribution in [0.25, 0.3) is 10.2 Å². The fraction of sp³-hybridized carbons (Fsp3) is 0.0588. The third kappa shape index (κ3) is 3.10. The number of nitro benzene ring substituents is 1. The van der Waals surface area contributed by atoms with Crippen LogP contribution in [0.5, 0.6) is 0 Å². The number of fused-ring (bicyclic) bond motifs is 1. The molecule has 3 aromatic rings. The summed E-state index contributed by atoms with van der Waals surface area (Å²) < 4.78 is 29.5. The van der Waals surface area contributed by atoms with Crippen LogP contribution in [0.15, 0.2) is 41.4 Å². The molecule has 1 heterocycles. The molecule has 0 N–H and O–H groups in total. The van der Waals surface area contributed by atoms with E-state index in [0.717, 1.165) is 29.5 Å². The molecule has 0 bridgehead atoms. The van der Waals surface area contributed by atoms with Gasteiger partial charge in [0.2, 0.25) is 0 Å². The predicted molar refractivity (Wildman–Crippen MR) is 91.6 cm³/mol. The Morgan fingerprint density at radius 3 is 2.62 bits per heavy atom. The fourth-order valence-electron chi connectivity index (χ4n) is 2.35. The molecular formula is C17H9F2N3O3S. The Labute approximate surface area is 149 Å². The van der Waals surface area contributed by atoms with Gasteiger partial charge in [-0.3, -0.25) is 14.9 Å². The Morgan fingerprint density at radius 2 is 2.00 bits per heavy atom. The summed E-state index contributed by atoms with van der Waals surface area (Å²) in [6.45, 7) is -0.0208. The molecule has 1 aromatic heterocycles. The minimum absolute atomic E-state index is 0.0208. The largest absolute Gasteiger partial charge is 0.304 e. The number of hydrogen-bond acceptors (Lipinski definition) is 4. The van der Waals surface area contributed by atoms with E-state index < -0.39 is 28.0 Å². The molecule has 0 unspecified atom stereocenters. The molecule has 9 heteroatoms. The van der Waals surface area contributed by atoms with Gasteiger partial charge in [-0.1, -0.05) is 23.3 Å². The molecule has 26 heavy (non-hydrogen) atoms. The smallest absolute Gasteiger partial charge is 0.285 e. The highest BCUT2D eigenvalue weighted by molar-refractivity contribution is 7.16. The molecule has 0 aliphatic rings. The van der Waals surface area contributed by atoms with Crippen LogP contribution >= 0.6 is 11.3 Å². The van der Waals surface area contributed by atoms with Crippen molar-refractivity contribution in [2.45, 2.75) is 6.54 Å². The number of non-ortho nitro benzene ring substituents is 1. The van der Waals surface area contributed by atoms with Crippen molar-refractivity contribution in [3.8, 4) is 12.3 Å². The normalized spacial score (nSPS) is 11.5. The summed E-state index contributed by atoms with van der Waals surface area (Å²) in [6.07, 6.45) is 5.32.